The molecule has 0 aliphatic rings. The molecule has 1 heteroatoms. The van der Waals surface area contributed by atoms with Gasteiger partial charge in [-0.15, -0.1) is 0 Å². The molecule has 0 radical (unpaired) electrons. The normalized spacial score (nSPS) is 12.8. The Bertz CT molecular complexity index is 410. The molecule has 0 unspecified atom stereocenters. The zero-order valence-corrected chi connectivity index (χ0v) is 13.9. The van der Waals surface area contributed by atoms with E-state index in [-0.39, 0.29) is 5.54 Å². The summed E-state index contributed by atoms with van der Waals surface area (Å²) in [7, 11) is 0. The largest absolute Gasteiger partial charge is 0.312 e. The predicted molar refractivity (Wildman–Crippen MR) is 85.8 cm³/mol. The van der Waals surface area contributed by atoms with Gasteiger partial charge in [0.15, 0.2) is 0 Å². The first-order valence-corrected chi connectivity index (χ1v) is 7.40. The van der Waals surface area contributed by atoms with Crippen molar-refractivity contribution in [2.75, 3.05) is 6.54 Å². The number of nitrogens with one attached hydrogen (secondary N) is 1. The first-order valence-electron chi connectivity index (χ1n) is 7.40. The van der Waals surface area contributed by atoms with Crippen LogP contribution in [-0.2, 0) is 6.42 Å². The van der Waals surface area contributed by atoms with E-state index in [1.165, 1.54) is 29.5 Å². The predicted octanol–water partition coefficient (Wildman–Crippen LogP) is 4.65. The lowest BCUT2D eigenvalue weighted by molar-refractivity contribution is 0.273. The van der Waals surface area contributed by atoms with Gasteiger partial charge in [-0.3, -0.25) is 0 Å². The third-order valence-corrected chi connectivity index (χ3v) is 3.76. The highest BCUT2D eigenvalue weighted by molar-refractivity contribution is 5.30. The van der Waals surface area contributed by atoms with Crippen LogP contribution in [0.4, 0.5) is 0 Å². The fourth-order valence-corrected chi connectivity index (χ4v) is 2.03. The summed E-state index contributed by atoms with van der Waals surface area (Å²) in [6, 6.07) is 6.85. The standard InChI is InChI=1S/C18H31N/c1-14-8-9-16(12-15(14)2)10-11-18(6,7)13-19-17(3,4)5/h8-9,12,19H,10-11,13H2,1-7H3. The van der Waals surface area contributed by atoms with Crippen molar-refractivity contribution in [1.29, 1.82) is 0 Å². The van der Waals surface area contributed by atoms with Crippen molar-refractivity contribution < 1.29 is 0 Å². The summed E-state index contributed by atoms with van der Waals surface area (Å²) in [6.45, 7) is 16.8. The van der Waals surface area contributed by atoms with Crippen LogP contribution in [0.2, 0.25) is 0 Å². The highest BCUT2D eigenvalue weighted by Crippen LogP contribution is 2.23. The van der Waals surface area contributed by atoms with Crippen molar-refractivity contribution in [3.8, 4) is 0 Å². The van der Waals surface area contributed by atoms with E-state index >= 15 is 0 Å². The maximum absolute atomic E-state index is 3.62. The summed E-state index contributed by atoms with van der Waals surface area (Å²) in [5.41, 5.74) is 4.80. The summed E-state index contributed by atoms with van der Waals surface area (Å²) in [5, 5.41) is 3.62. The molecule has 0 saturated heterocycles. The number of benzene rings is 1. The van der Waals surface area contributed by atoms with E-state index in [1.807, 2.05) is 0 Å². The van der Waals surface area contributed by atoms with E-state index in [4.69, 9.17) is 0 Å². The molecule has 1 aromatic carbocycles. The van der Waals surface area contributed by atoms with Gasteiger partial charge in [0.25, 0.3) is 0 Å². The molecule has 1 aromatic rings. The first kappa shape index (κ1) is 16.2. The van der Waals surface area contributed by atoms with Crippen molar-refractivity contribution in [1.82, 2.24) is 5.32 Å². The summed E-state index contributed by atoms with van der Waals surface area (Å²) >= 11 is 0. The Hall–Kier alpha value is -0.820. The Balaban J connectivity index is 2.52. The maximum Gasteiger partial charge on any atom is 0.00967 e. The average Bonchev–Trinajstić information content (AvgIpc) is 2.28. The summed E-state index contributed by atoms with van der Waals surface area (Å²) in [5.74, 6) is 0. The second-order valence-electron chi connectivity index (χ2n) is 7.69. The monoisotopic (exact) mass is 261 g/mol. The summed E-state index contributed by atoms with van der Waals surface area (Å²) in [6.07, 6.45) is 2.39. The van der Waals surface area contributed by atoms with Gasteiger partial charge in [0.2, 0.25) is 0 Å². The van der Waals surface area contributed by atoms with Crippen molar-refractivity contribution in [3.05, 3.63) is 34.9 Å². The molecule has 0 aliphatic carbocycles. The van der Waals surface area contributed by atoms with E-state index in [2.05, 4.69) is 72.0 Å². The van der Waals surface area contributed by atoms with Crippen LogP contribution in [0, 0.1) is 19.3 Å². The fourth-order valence-electron chi connectivity index (χ4n) is 2.03. The lowest BCUT2D eigenvalue weighted by Gasteiger charge is -2.30. The molecule has 0 aliphatic heterocycles. The van der Waals surface area contributed by atoms with Crippen LogP contribution >= 0.6 is 0 Å². The molecule has 0 bridgehead atoms. The smallest absolute Gasteiger partial charge is 0.00967 e. The Labute approximate surface area is 119 Å². The van der Waals surface area contributed by atoms with Crippen molar-refractivity contribution >= 4 is 0 Å². The Morgan fingerprint density at radius 1 is 0.947 bits per heavy atom. The minimum absolute atomic E-state index is 0.206. The van der Waals surface area contributed by atoms with E-state index < -0.39 is 0 Å². The van der Waals surface area contributed by atoms with Gasteiger partial charge in [-0.2, -0.15) is 0 Å². The first-order chi connectivity index (χ1) is 8.59. The number of rotatable bonds is 5. The second kappa shape index (κ2) is 6.09. The van der Waals surface area contributed by atoms with Crippen LogP contribution in [-0.4, -0.2) is 12.1 Å². The summed E-state index contributed by atoms with van der Waals surface area (Å²) < 4.78 is 0. The van der Waals surface area contributed by atoms with Crippen molar-refractivity contribution in [3.63, 3.8) is 0 Å². The van der Waals surface area contributed by atoms with Crippen LogP contribution in [0.5, 0.6) is 0 Å². The quantitative estimate of drug-likeness (QED) is 0.813. The molecular weight excluding hydrogens is 230 g/mol. The van der Waals surface area contributed by atoms with Gasteiger partial charge in [0.1, 0.15) is 0 Å². The number of hydrogen-bond acceptors (Lipinski definition) is 1. The second-order valence-corrected chi connectivity index (χ2v) is 7.69. The van der Waals surface area contributed by atoms with Crippen LogP contribution in [0.15, 0.2) is 18.2 Å². The molecule has 0 fully saturated rings. The lowest BCUT2D eigenvalue weighted by atomic mass is 9.85. The van der Waals surface area contributed by atoms with Crippen molar-refractivity contribution in [2.45, 2.75) is 66.8 Å². The minimum Gasteiger partial charge on any atom is -0.312 e. The molecule has 0 amide bonds. The van der Waals surface area contributed by atoms with Gasteiger partial charge in [-0.05, 0) is 69.6 Å². The molecule has 1 rings (SSSR count). The third kappa shape index (κ3) is 6.24. The van der Waals surface area contributed by atoms with Crippen LogP contribution < -0.4 is 5.32 Å². The van der Waals surface area contributed by atoms with Gasteiger partial charge in [-0.1, -0.05) is 32.0 Å². The van der Waals surface area contributed by atoms with Crippen LogP contribution in [0.3, 0.4) is 0 Å². The molecular formula is C18H31N. The van der Waals surface area contributed by atoms with Gasteiger partial charge in [0.05, 0.1) is 0 Å². The van der Waals surface area contributed by atoms with Gasteiger partial charge in [0, 0.05) is 12.1 Å². The van der Waals surface area contributed by atoms with E-state index in [1.54, 1.807) is 0 Å². The fraction of sp³-hybridized carbons (Fsp3) is 0.667. The Kier molecular flexibility index (Phi) is 5.20. The zero-order valence-electron chi connectivity index (χ0n) is 13.9. The van der Waals surface area contributed by atoms with E-state index in [0.717, 1.165) is 6.54 Å². The van der Waals surface area contributed by atoms with Gasteiger partial charge >= 0.3 is 0 Å². The minimum atomic E-state index is 0.206. The number of hydrogen-bond donors (Lipinski definition) is 1. The molecule has 19 heavy (non-hydrogen) atoms. The highest BCUT2D eigenvalue weighted by atomic mass is 14.9. The SMILES string of the molecule is Cc1ccc(CCC(C)(C)CNC(C)(C)C)cc1C. The molecule has 0 heterocycles. The Morgan fingerprint density at radius 2 is 1.58 bits per heavy atom. The van der Waals surface area contributed by atoms with Gasteiger partial charge in [-0.25, -0.2) is 0 Å². The highest BCUT2D eigenvalue weighted by Gasteiger charge is 2.20. The molecule has 1 N–H and O–H groups in total. The maximum atomic E-state index is 3.62. The summed E-state index contributed by atoms with van der Waals surface area (Å²) in [4.78, 5) is 0. The zero-order chi connectivity index (χ0) is 14.7. The van der Waals surface area contributed by atoms with E-state index in [9.17, 15) is 0 Å². The molecule has 0 saturated carbocycles. The van der Waals surface area contributed by atoms with Gasteiger partial charge < -0.3 is 5.32 Å². The molecule has 108 valence electrons. The molecule has 1 nitrogen and oxygen atoms in total. The molecule has 0 spiro atoms. The molecule has 0 aromatic heterocycles. The third-order valence-electron chi connectivity index (χ3n) is 3.76. The van der Waals surface area contributed by atoms with Crippen molar-refractivity contribution in [2.24, 2.45) is 5.41 Å². The molecule has 0 atom stereocenters. The van der Waals surface area contributed by atoms with Crippen LogP contribution in [0.1, 0.15) is 57.7 Å². The average molecular weight is 261 g/mol. The van der Waals surface area contributed by atoms with E-state index in [0.29, 0.717) is 5.41 Å². The Morgan fingerprint density at radius 3 is 2.11 bits per heavy atom. The van der Waals surface area contributed by atoms with Crippen LogP contribution in [0.25, 0.3) is 0 Å². The number of aryl methyl sites for hydroxylation is 3. The lowest BCUT2D eigenvalue weighted by Crippen LogP contribution is -2.42. The topological polar surface area (TPSA) is 12.0 Å².